The van der Waals surface area contributed by atoms with Crippen LogP contribution in [0.5, 0.6) is 0 Å². The molecule has 0 aliphatic heterocycles. The number of hydrogen-bond donors (Lipinski definition) is 2. The van der Waals surface area contributed by atoms with Crippen molar-refractivity contribution >= 4 is 31.8 Å². The van der Waals surface area contributed by atoms with E-state index >= 15 is 0 Å². The highest BCUT2D eigenvalue weighted by Crippen LogP contribution is 2.17. The second-order valence-corrected chi connectivity index (χ2v) is 5.79. The maximum atomic E-state index is 11.4. The molecule has 3 N–H and O–H groups in total. The normalized spacial score (nSPS) is 11.4. The first kappa shape index (κ1) is 12.4. The molecule has 0 saturated carbocycles. The number of hydrogen-bond acceptors (Lipinski definition) is 4. The molecule has 0 aliphatic carbocycles. The quantitative estimate of drug-likeness (QED) is 0.862. The number of pyridine rings is 1. The zero-order chi connectivity index (χ0) is 11.5. The van der Waals surface area contributed by atoms with E-state index in [4.69, 9.17) is 5.73 Å². The molecule has 0 amide bonds. The Morgan fingerprint density at radius 3 is 2.80 bits per heavy atom. The summed E-state index contributed by atoms with van der Waals surface area (Å²) in [5, 5.41) is 0. The van der Waals surface area contributed by atoms with E-state index in [9.17, 15) is 8.42 Å². The van der Waals surface area contributed by atoms with Crippen molar-refractivity contribution < 1.29 is 8.42 Å². The van der Waals surface area contributed by atoms with Crippen LogP contribution >= 0.6 is 15.9 Å². The van der Waals surface area contributed by atoms with Crippen molar-refractivity contribution in [1.82, 2.24) is 4.98 Å². The van der Waals surface area contributed by atoms with E-state index in [1.807, 2.05) is 0 Å². The first-order chi connectivity index (χ1) is 6.94. The molecule has 5 nitrogen and oxygen atoms in total. The predicted molar refractivity (Wildman–Crippen MR) is 63.1 cm³/mol. The van der Waals surface area contributed by atoms with Gasteiger partial charge in [0.15, 0.2) is 0 Å². The van der Waals surface area contributed by atoms with E-state index in [1.54, 1.807) is 13.0 Å². The molecule has 1 aromatic rings. The maximum absolute atomic E-state index is 11.4. The fourth-order valence-electron chi connectivity index (χ4n) is 1.00. The molecular formula is C8H12BrN3O2S. The molecule has 1 rings (SSSR count). The first-order valence-electron chi connectivity index (χ1n) is 4.27. The van der Waals surface area contributed by atoms with Crippen molar-refractivity contribution in [1.29, 1.82) is 0 Å². The summed E-state index contributed by atoms with van der Waals surface area (Å²) in [6.45, 7) is 1.86. The Kier molecular flexibility index (Phi) is 4.06. The third-order valence-corrected chi connectivity index (χ3v) is 3.39. The summed E-state index contributed by atoms with van der Waals surface area (Å²) in [6.07, 6.45) is 1.54. The van der Waals surface area contributed by atoms with Crippen molar-refractivity contribution in [3.05, 3.63) is 22.3 Å². The summed E-state index contributed by atoms with van der Waals surface area (Å²) >= 11 is 3.25. The van der Waals surface area contributed by atoms with E-state index in [-0.39, 0.29) is 12.3 Å². The number of halogens is 1. The second-order valence-electron chi connectivity index (χ2n) is 3.03. The summed E-state index contributed by atoms with van der Waals surface area (Å²) in [6, 6.07) is 1.79. The van der Waals surface area contributed by atoms with Gasteiger partial charge in [-0.05, 0) is 34.5 Å². The third-order valence-electron chi connectivity index (χ3n) is 1.68. The number of nitrogens with zero attached hydrogens (tertiary/aromatic N) is 1. The average Bonchev–Trinajstić information content (AvgIpc) is 2.09. The van der Waals surface area contributed by atoms with Gasteiger partial charge in [-0.1, -0.05) is 0 Å². The van der Waals surface area contributed by atoms with Gasteiger partial charge in [0, 0.05) is 17.2 Å². The van der Waals surface area contributed by atoms with Crippen LogP contribution in [-0.4, -0.2) is 25.7 Å². The van der Waals surface area contributed by atoms with Crippen molar-refractivity contribution in [2.75, 3.05) is 17.0 Å². The lowest BCUT2D eigenvalue weighted by Crippen LogP contribution is -2.23. The van der Waals surface area contributed by atoms with E-state index in [0.29, 0.717) is 5.82 Å². The zero-order valence-corrected chi connectivity index (χ0v) is 10.6. The van der Waals surface area contributed by atoms with E-state index in [0.717, 1.165) is 10.0 Å². The lowest BCUT2D eigenvalue weighted by molar-refractivity contribution is 0.601. The van der Waals surface area contributed by atoms with Gasteiger partial charge in [0.25, 0.3) is 0 Å². The number of aromatic nitrogens is 1. The molecule has 1 aromatic heterocycles. The Labute approximate surface area is 97.3 Å². The molecule has 15 heavy (non-hydrogen) atoms. The van der Waals surface area contributed by atoms with Crippen LogP contribution < -0.4 is 10.5 Å². The molecule has 0 radical (unpaired) electrons. The van der Waals surface area contributed by atoms with Gasteiger partial charge in [0.2, 0.25) is 10.0 Å². The van der Waals surface area contributed by atoms with Crippen LogP contribution in [0.4, 0.5) is 5.82 Å². The lowest BCUT2D eigenvalue weighted by atomic mass is 10.3. The van der Waals surface area contributed by atoms with Gasteiger partial charge in [-0.15, -0.1) is 0 Å². The van der Waals surface area contributed by atoms with Crippen LogP contribution in [0.25, 0.3) is 0 Å². The average molecular weight is 294 g/mol. The Morgan fingerprint density at radius 1 is 1.60 bits per heavy atom. The molecule has 0 atom stereocenters. The molecule has 84 valence electrons. The fourth-order valence-corrected chi connectivity index (χ4v) is 2.37. The van der Waals surface area contributed by atoms with Gasteiger partial charge in [-0.25, -0.2) is 13.4 Å². The number of aryl methyl sites for hydroxylation is 1. The highest BCUT2D eigenvalue weighted by atomic mass is 79.9. The smallest absolute Gasteiger partial charge is 0.235 e. The monoisotopic (exact) mass is 293 g/mol. The highest BCUT2D eigenvalue weighted by molar-refractivity contribution is 9.10. The molecule has 7 heteroatoms. The molecule has 0 spiro atoms. The van der Waals surface area contributed by atoms with Gasteiger partial charge in [-0.3, -0.25) is 4.72 Å². The standard InChI is InChI=1S/C8H12BrN3O2S/c1-6-4-7(9)5-11-8(6)12-15(13,14)3-2-10/h4-5H,2-3,10H2,1H3,(H,11,12). The summed E-state index contributed by atoms with van der Waals surface area (Å²) in [5.41, 5.74) is 5.94. The van der Waals surface area contributed by atoms with Gasteiger partial charge in [0.1, 0.15) is 5.82 Å². The molecule has 0 aromatic carbocycles. The fraction of sp³-hybridized carbons (Fsp3) is 0.375. The number of rotatable bonds is 4. The first-order valence-corrected chi connectivity index (χ1v) is 6.72. The molecule has 0 aliphatic rings. The number of nitrogens with one attached hydrogen (secondary N) is 1. The summed E-state index contributed by atoms with van der Waals surface area (Å²) in [4.78, 5) is 3.97. The third kappa shape index (κ3) is 3.77. The van der Waals surface area contributed by atoms with Crippen molar-refractivity contribution in [2.24, 2.45) is 5.73 Å². The van der Waals surface area contributed by atoms with E-state index < -0.39 is 10.0 Å². The Morgan fingerprint density at radius 2 is 2.27 bits per heavy atom. The number of nitrogens with two attached hydrogens (primary N) is 1. The maximum Gasteiger partial charge on any atom is 0.235 e. The zero-order valence-electron chi connectivity index (χ0n) is 8.20. The van der Waals surface area contributed by atoms with Crippen molar-refractivity contribution in [3.63, 3.8) is 0 Å². The van der Waals surface area contributed by atoms with Crippen LogP contribution in [-0.2, 0) is 10.0 Å². The van der Waals surface area contributed by atoms with Crippen LogP contribution in [0.15, 0.2) is 16.7 Å². The van der Waals surface area contributed by atoms with Crippen LogP contribution in [0.1, 0.15) is 5.56 Å². The van der Waals surface area contributed by atoms with E-state index in [2.05, 4.69) is 25.6 Å². The minimum absolute atomic E-state index is 0.0882. The van der Waals surface area contributed by atoms with Crippen molar-refractivity contribution in [2.45, 2.75) is 6.92 Å². The van der Waals surface area contributed by atoms with Gasteiger partial charge in [0.05, 0.1) is 5.75 Å². The SMILES string of the molecule is Cc1cc(Br)cnc1NS(=O)(=O)CCN. The minimum Gasteiger partial charge on any atom is -0.329 e. The van der Waals surface area contributed by atoms with Crippen LogP contribution in [0.3, 0.4) is 0 Å². The number of sulfonamides is 1. The second kappa shape index (κ2) is 4.91. The topological polar surface area (TPSA) is 85.1 Å². The Balaban J connectivity index is 2.90. The number of anilines is 1. The van der Waals surface area contributed by atoms with Crippen LogP contribution in [0.2, 0.25) is 0 Å². The highest BCUT2D eigenvalue weighted by Gasteiger charge is 2.11. The molecule has 0 saturated heterocycles. The van der Waals surface area contributed by atoms with Crippen molar-refractivity contribution in [3.8, 4) is 0 Å². The Bertz CT molecular complexity index is 447. The van der Waals surface area contributed by atoms with Gasteiger partial charge < -0.3 is 5.73 Å². The van der Waals surface area contributed by atoms with Gasteiger partial charge >= 0.3 is 0 Å². The predicted octanol–water partition coefficient (Wildman–Crippen LogP) is 0.853. The molecule has 0 unspecified atom stereocenters. The van der Waals surface area contributed by atoms with Crippen LogP contribution in [0, 0.1) is 6.92 Å². The summed E-state index contributed by atoms with van der Waals surface area (Å²) in [7, 11) is -3.37. The minimum atomic E-state index is -3.37. The van der Waals surface area contributed by atoms with Gasteiger partial charge in [-0.2, -0.15) is 0 Å². The summed E-state index contributed by atoms with van der Waals surface area (Å²) in [5.74, 6) is 0.233. The molecule has 1 heterocycles. The summed E-state index contributed by atoms with van der Waals surface area (Å²) < 4.78 is 26.0. The molecule has 0 bridgehead atoms. The molecule has 0 fully saturated rings. The molecular weight excluding hydrogens is 282 g/mol. The Hall–Kier alpha value is -0.660. The largest absolute Gasteiger partial charge is 0.329 e. The van der Waals surface area contributed by atoms with E-state index in [1.165, 1.54) is 6.20 Å². The lowest BCUT2D eigenvalue weighted by Gasteiger charge is -2.08.